The van der Waals surface area contributed by atoms with Crippen molar-refractivity contribution in [3.63, 3.8) is 0 Å². The van der Waals surface area contributed by atoms with Gasteiger partial charge in [-0.25, -0.2) is 0 Å². The zero-order valence-electron chi connectivity index (χ0n) is 15.7. The molecule has 0 amide bonds. The van der Waals surface area contributed by atoms with Crippen LogP contribution in [0.3, 0.4) is 0 Å². The van der Waals surface area contributed by atoms with Crippen LogP contribution in [0.15, 0.2) is 36.4 Å². The van der Waals surface area contributed by atoms with Crippen LogP contribution in [0.2, 0.25) is 5.02 Å². The molecule has 2 aromatic rings. The summed E-state index contributed by atoms with van der Waals surface area (Å²) in [5, 5.41) is 42.9. The van der Waals surface area contributed by atoms with Gasteiger partial charge in [0.2, 0.25) is 0 Å². The molecule has 1 aliphatic rings. The Balaban J connectivity index is 0.000000215. The molecule has 3 rings (SSSR count). The quantitative estimate of drug-likeness (QED) is 0.561. The molecule has 0 heterocycles. The highest BCUT2D eigenvalue weighted by molar-refractivity contribution is 6.30. The van der Waals surface area contributed by atoms with Crippen molar-refractivity contribution in [3.8, 4) is 5.75 Å². The summed E-state index contributed by atoms with van der Waals surface area (Å²) < 4.78 is 0. The topological polar surface area (TPSA) is 180 Å². The molecule has 160 valence electrons. The van der Waals surface area contributed by atoms with E-state index in [4.69, 9.17) is 11.6 Å². The van der Waals surface area contributed by atoms with Gasteiger partial charge in [0.25, 0.3) is 17.1 Å². The van der Waals surface area contributed by atoms with Crippen LogP contribution in [0.1, 0.15) is 37.2 Å². The Labute approximate surface area is 175 Å². The van der Waals surface area contributed by atoms with Crippen molar-refractivity contribution in [2.45, 2.75) is 37.6 Å². The van der Waals surface area contributed by atoms with Crippen molar-refractivity contribution >= 4 is 28.7 Å². The average molecular weight is 439 g/mol. The van der Waals surface area contributed by atoms with Crippen LogP contribution in [-0.2, 0) is 0 Å². The molecule has 1 fully saturated rings. The van der Waals surface area contributed by atoms with Crippen LogP contribution in [-0.4, -0.2) is 20.8 Å². The minimum absolute atomic E-state index is 0.384. The van der Waals surface area contributed by atoms with E-state index in [0.717, 1.165) is 10.9 Å². The largest absolute Gasteiger partial charge is 0.863 e. The highest BCUT2D eigenvalue weighted by Crippen LogP contribution is 2.37. The van der Waals surface area contributed by atoms with Crippen LogP contribution in [0.5, 0.6) is 5.75 Å². The Kier molecular flexibility index (Phi) is 7.61. The van der Waals surface area contributed by atoms with E-state index < -0.39 is 37.6 Å². The number of non-ortho nitro benzene ring substituents is 1. The smallest absolute Gasteiger partial charge is 0.283 e. The maximum absolute atomic E-state index is 11.1. The Hall–Kier alpha value is -3.31. The van der Waals surface area contributed by atoms with E-state index in [0.29, 0.717) is 18.2 Å². The Morgan fingerprint density at radius 1 is 0.833 bits per heavy atom. The first-order chi connectivity index (χ1) is 14.1. The summed E-state index contributed by atoms with van der Waals surface area (Å²) >= 11 is 5.86. The third-order valence-electron chi connectivity index (χ3n) is 4.83. The summed E-state index contributed by atoms with van der Waals surface area (Å²) in [6, 6.07) is 9.76. The van der Waals surface area contributed by atoms with Crippen molar-refractivity contribution in [1.82, 2.24) is 0 Å². The predicted molar refractivity (Wildman–Crippen MR) is 105 cm³/mol. The first kappa shape index (κ1) is 23.0. The second-order valence-electron chi connectivity index (χ2n) is 6.85. The van der Waals surface area contributed by atoms with E-state index in [9.17, 15) is 35.4 Å². The van der Waals surface area contributed by atoms with Gasteiger partial charge in [-0.05, 0) is 49.3 Å². The number of nitro groups is 3. The lowest BCUT2D eigenvalue weighted by molar-refractivity contribution is -0.425. The zero-order chi connectivity index (χ0) is 22.4. The fraction of sp³-hybridized carbons (Fsp3) is 0.333. The Bertz CT molecular complexity index is 909. The van der Waals surface area contributed by atoms with Crippen molar-refractivity contribution in [2.75, 3.05) is 0 Å². The van der Waals surface area contributed by atoms with E-state index in [1.165, 1.54) is 31.2 Å². The summed E-state index contributed by atoms with van der Waals surface area (Å²) in [5.74, 6) is -0.717. The molecule has 0 atom stereocenters. The summed E-state index contributed by atoms with van der Waals surface area (Å²) in [6.45, 7) is 0. The molecule has 1 saturated carbocycles. The summed E-state index contributed by atoms with van der Waals surface area (Å²) in [7, 11) is 0. The second kappa shape index (κ2) is 9.94. The van der Waals surface area contributed by atoms with Gasteiger partial charge in [0, 0.05) is 5.02 Å². The number of hydrogen-bond donors (Lipinski definition) is 1. The fourth-order valence-corrected chi connectivity index (χ4v) is 3.32. The monoisotopic (exact) mass is 438 g/mol. The summed E-state index contributed by atoms with van der Waals surface area (Å²) in [6.07, 6.45) is 5.12. The summed E-state index contributed by atoms with van der Waals surface area (Å²) in [5.41, 5.74) is 2.30. The zero-order valence-corrected chi connectivity index (χ0v) is 16.5. The third-order valence-corrected chi connectivity index (χ3v) is 5.08. The number of benzene rings is 2. The molecule has 0 unspecified atom stereocenters. The van der Waals surface area contributed by atoms with Crippen LogP contribution < -0.4 is 10.8 Å². The maximum Gasteiger partial charge on any atom is 0.283 e. The molecule has 0 spiro atoms. The predicted octanol–water partition coefficient (Wildman–Crippen LogP) is 3.09. The first-order valence-corrected chi connectivity index (χ1v) is 9.34. The van der Waals surface area contributed by atoms with E-state index in [1.54, 1.807) is 0 Å². The molecule has 30 heavy (non-hydrogen) atoms. The number of quaternary nitrogens is 1. The third kappa shape index (κ3) is 5.84. The van der Waals surface area contributed by atoms with Gasteiger partial charge in [-0.1, -0.05) is 23.7 Å². The maximum atomic E-state index is 11.1. The first-order valence-electron chi connectivity index (χ1n) is 8.97. The van der Waals surface area contributed by atoms with Crippen LogP contribution in [0.25, 0.3) is 0 Å². The molecule has 0 radical (unpaired) electrons. The van der Waals surface area contributed by atoms with Crippen LogP contribution >= 0.6 is 11.6 Å². The van der Waals surface area contributed by atoms with Gasteiger partial charge in [-0.2, -0.15) is 0 Å². The minimum Gasteiger partial charge on any atom is -0.863 e. The number of rotatable bonds is 4. The molecule has 3 N–H and O–H groups in total. The molecule has 0 saturated heterocycles. The number of nitrogens with zero attached hydrogens (tertiary/aromatic N) is 3. The molecule has 11 nitrogen and oxygen atoms in total. The summed E-state index contributed by atoms with van der Waals surface area (Å²) in [4.78, 5) is 27.5. The van der Waals surface area contributed by atoms with Gasteiger partial charge in [0.05, 0.1) is 38.7 Å². The molecule has 0 aromatic heterocycles. The minimum atomic E-state index is -1.46. The fourth-order valence-electron chi connectivity index (χ4n) is 3.19. The van der Waals surface area contributed by atoms with Crippen molar-refractivity contribution in [2.24, 2.45) is 0 Å². The normalized spacial score (nSPS) is 18.1. The van der Waals surface area contributed by atoms with Crippen LogP contribution in [0.4, 0.5) is 17.1 Å². The molecule has 0 aliphatic heterocycles. The van der Waals surface area contributed by atoms with Crippen molar-refractivity contribution in [1.29, 1.82) is 0 Å². The van der Waals surface area contributed by atoms with E-state index in [-0.39, 0.29) is 0 Å². The molecule has 1 aliphatic carbocycles. The van der Waals surface area contributed by atoms with Gasteiger partial charge < -0.3 is 10.8 Å². The standard InChI is InChI=1S/C12H16ClN.C6H3N3O7/c13-11-5-1-9(2-6-11)10-3-7-12(14)8-4-10;10-6-4(8(13)14)1-3(7(11)12)2-5(6)9(15)16/h1-2,5-6,10,12H,3-4,7-8,14H2;1-2,10H. The lowest BCUT2D eigenvalue weighted by Gasteiger charge is -2.24. The molecule has 0 bridgehead atoms. The average Bonchev–Trinajstić information content (AvgIpc) is 2.69. The van der Waals surface area contributed by atoms with Gasteiger partial charge in [-0.15, -0.1) is 0 Å². The number of hydrogen-bond acceptors (Lipinski definition) is 7. The van der Waals surface area contributed by atoms with Gasteiger partial charge in [0.1, 0.15) is 0 Å². The number of halogens is 1. The van der Waals surface area contributed by atoms with E-state index >= 15 is 0 Å². The highest BCUT2D eigenvalue weighted by atomic mass is 35.5. The van der Waals surface area contributed by atoms with Gasteiger partial charge in [-0.3, -0.25) is 30.3 Å². The van der Waals surface area contributed by atoms with E-state index in [2.05, 4.69) is 17.9 Å². The molecular weight excluding hydrogens is 420 g/mol. The van der Waals surface area contributed by atoms with Gasteiger partial charge >= 0.3 is 0 Å². The Morgan fingerprint density at radius 2 is 1.30 bits per heavy atom. The lowest BCUT2D eigenvalue weighted by atomic mass is 9.82. The van der Waals surface area contributed by atoms with Crippen molar-refractivity contribution < 1.29 is 25.6 Å². The van der Waals surface area contributed by atoms with Crippen molar-refractivity contribution in [3.05, 3.63) is 77.3 Å². The molecular formula is C18H19ClN4O7. The number of nitro benzene ring substituents is 3. The van der Waals surface area contributed by atoms with E-state index in [1.807, 2.05) is 12.1 Å². The Morgan fingerprint density at radius 3 is 1.70 bits per heavy atom. The van der Waals surface area contributed by atoms with Crippen LogP contribution in [0, 0.1) is 30.3 Å². The lowest BCUT2D eigenvalue weighted by Crippen LogP contribution is -2.61. The SMILES string of the molecule is O=[N+]([O-])c1cc([N+](=O)[O-])c([O-])c([N+](=O)[O-])c1.[NH3+]C1CCC(c2ccc(Cl)cc2)CC1. The molecule has 12 heteroatoms. The van der Waals surface area contributed by atoms with Gasteiger partial charge in [0.15, 0.2) is 0 Å². The molecule has 2 aromatic carbocycles. The second-order valence-corrected chi connectivity index (χ2v) is 7.29. The highest BCUT2D eigenvalue weighted by Gasteiger charge is 2.24.